The first-order valence-corrected chi connectivity index (χ1v) is 18.2. The molecule has 9 nitrogen and oxygen atoms in total. The number of nitrogens with zero attached hydrogens (tertiary/aromatic N) is 5. The van der Waals surface area contributed by atoms with E-state index in [1.54, 1.807) is 9.47 Å². The average Bonchev–Trinajstić information content (AvgIpc) is 3.34. The van der Waals surface area contributed by atoms with Crippen molar-refractivity contribution in [3.63, 3.8) is 0 Å². The number of piperazine rings is 1. The van der Waals surface area contributed by atoms with Gasteiger partial charge in [-0.25, -0.2) is 0 Å². The van der Waals surface area contributed by atoms with Crippen molar-refractivity contribution in [2.75, 3.05) is 42.5 Å². The molecule has 0 radical (unpaired) electrons. The third-order valence-electron chi connectivity index (χ3n) is 8.95. The van der Waals surface area contributed by atoms with Gasteiger partial charge in [-0.3, -0.25) is 23.9 Å². The summed E-state index contributed by atoms with van der Waals surface area (Å²) in [6.07, 6.45) is 11.7. The van der Waals surface area contributed by atoms with E-state index >= 15 is 0 Å². The Morgan fingerprint density at radius 3 is 2.17 bits per heavy atom. The zero-order valence-corrected chi connectivity index (χ0v) is 29.3. The molecule has 2 aliphatic rings. The van der Waals surface area contributed by atoms with Crippen LogP contribution in [-0.2, 0) is 16.1 Å². The fourth-order valence-electron chi connectivity index (χ4n) is 6.25. The standard InChI is InChI=1S/C36H47N5O4S2/c1-3-4-19-40-33(39-23-21-38(22-24-39)28-16-12-11-13-17-28)29(27(2)30(26-37)34(40)44)25-31-35(45)41(36(46)47-31)20-15-10-8-6-5-7-9-14-18-32(42)43/h11-13,16-17,25H,3-10,14-15,18-24H2,1-2H3,(H,42,43)/b31-25-. The molecule has 1 aromatic carbocycles. The normalized spacial score (nSPS) is 15.9. The maximum atomic E-state index is 13.7. The van der Waals surface area contributed by atoms with Gasteiger partial charge in [-0.1, -0.05) is 94.0 Å². The molecule has 0 unspecified atom stereocenters. The molecule has 252 valence electrons. The van der Waals surface area contributed by atoms with Gasteiger partial charge in [0, 0.05) is 56.9 Å². The number of para-hydroxylation sites is 1. The van der Waals surface area contributed by atoms with Crippen LogP contribution in [0.1, 0.15) is 94.2 Å². The smallest absolute Gasteiger partial charge is 0.303 e. The highest BCUT2D eigenvalue weighted by molar-refractivity contribution is 8.26. The molecule has 2 aliphatic heterocycles. The maximum Gasteiger partial charge on any atom is 0.303 e. The Labute approximate surface area is 288 Å². The van der Waals surface area contributed by atoms with Gasteiger partial charge in [0.2, 0.25) is 0 Å². The predicted octanol–water partition coefficient (Wildman–Crippen LogP) is 6.95. The lowest BCUT2D eigenvalue weighted by atomic mass is 10.0. The number of aliphatic carboxylic acids is 1. The van der Waals surface area contributed by atoms with Crippen molar-refractivity contribution in [2.45, 2.75) is 91.0 Å². The van der Waals surface area contributed by atoms with E-state index in [0.717, 1.165) is 88.7 Å². The number of carboxylic acid groups (broad SMARTS) is 1. The number of unbranched alkanes of at least 4 members (excludes halogenated alkanes) is 8. The van der Waals surface area contributed by atoms with Crippen molar-refractivity contribution in [2.24, 2.45) is 0 Å². The number of benzene rings is 1. The van der Waals surface area contributed by atoms with Crippen molar-refractivity contribution in [1.29, 1.82) is 5.26 Å². The lowest BCUT2D eigenvalue weighted by molar-refractivity contribution is -0.137. The molecular formula is C36H47N5O4S2. The van der Waals surface area contributed by atoms with Crippen LogP contribution in [0.15, 0.2) is 40.0 Å². The minimum Gasteiger partial charge on any atom is -0.481 e. The molecule has 0 aliphatic carbocycles. The molecule has 3 heterocycles. The number of thioether (sulfide) groups is 1. The lowest BCUT2D eigenvalue weighted by Gasteiger charge is -2.39. The van der Waals surface area contributed by atoms with Crippen LogP contribution in [0, 0.1) is 18.3 Å². The van der Waals surface area contributed by atoms with Crippen molar-refractivity contribution >= 4 is 57.8 Å². The lowest BCUT2D eigenvalue weighted by Crippen LogP contribution is -2.48. The Balaban J connectivity index is 1.49. The van der Waals surface area contributed by atoms with E-state index in [2.05, 4.69) is 34.9 Å². The first-order valence-electron chi connectivity index (χ1n) is 17.0. The van der Waals surface area contributed by atoms with Crippen LogP contribution in [0.4, 0.5) is 11.5 Å². The quantitative estimate of drug-likeness (QED) is 0.108. The third-order valence-corrected chi connectivity index (χ3v) is 10.3. The second-order valence-corrected chi connectivity index (χ2v) is 14.0. The number of rotatable bonds is 17. The Morgan fingerprint density at radius 2 is 1.55 bits per heavy atom. The fourth-order valence-corrected chi connectivity index (χ4v) is 7.54. The minimum absolute atomic E-state index is 0.122. The van der Waals surface area contributed by atoms with E-state index in [4.69, 9.17) is 17.3 Å². The highest BCUT2D eigenvalue weighted by Gasteiger charge is 2.33. The van der Waals surface area contributed by atoms with Crippen molar-refractivity contribution in [3.8, 4) is 6.07 Å². The Morgan fingerprint density at radius 1 is 0.936 bits per heavy atom. The highest BCUT2D eigenvalue weighted by atomic mass is 32.2. The molecule has 2 fully saturated rings. The van der Waals surface area contributed by atoms with Gasteiger partial charge >= 0.3 is 5.97 Å². The number of nitriles is 1. The van der Waals surface area contributed by atoms with Crippen LogP contribution in [0.3, 0.4) is 0 Å². The van der Waals surface area contributed by atoms with E-state index in [1.165, 1.54) is 17.4 Å². The van der Waals surface area contributed by atoms with Gasteiger partial charge in [-0.15, -0.1) is 0 Å². The van der Waals surface area contributed by atoms with Gasteiger partial charge in [0.25, 0.3) is 11.5 Å². The molecule has 1 N–H and O–H groups in total. The second-order valence-electron chi connectivity index (χ2n) is 12.3. The zero-order chi connectivity index (χ0) is 33.8. The summed E-state index contributed by atoms with van der Waals surface area (Å²) < 4.78 is 2.29. The number of carboxylic acids is 1. The van der Waals surface area contributed by atoms with E-state index in [0.29, 0.717) is 41.0 Å². The van der Waals surface area contributed by atoms with E-state index < -0.39 is 5.97 Å². The first-order chi connectivity index (χ1) is 22.8. The van der Waals surface area contributed by atoms with Crippen LogP contribution in [0.25, 0.3) is 6.08 Å². The van der Waals surface area contributed by atoms with Gasteiger partial charge < -0.3 is 14.9 Å². The number of carbonyl (C=O) groups excluding carboxylic acids is 1. The Hall–Kier alpha value is -3.62. The number of pyridine rings is 1. The molecule has 2 aromatic rings. The summed E-state index contributed by atoms with van der Waals surface area (Å²) in [5.74, 6) is -0.0741. The molecule has 0 saturated carbocycles. The molecule has 1 aromatic heterocycles. The topological polar surface area (TPSA) is 110 Å². The van der Waals surface area contributed by atoms with Gasteiger partial charge in [-0.05, 0) is 50.0 Å². The summed E-state index contributed by atoms with van der Waals surface area (Å²) in [6, 6.07) is 12.5. The summed E-state index contributed by atoms with van der Waals surface area (Å²) in [5, 5.41) is 18.8. The highest BCUT2D eigenvalue weighted by Crippen LogP contribution is 2.36. The summed E-state index contributed by atoms with van der Waals surface area (Å²) in [6.45, 7) is 7.95. The summed E-state index contributed by atoms with van der Waals surface area (Å²) in [7, 11) is 0. The monoisotopic (exact) mass is 677 g/mol. The van der Waals surface area contributed by atoms with Crippen molar-refractivity contribution < 1.29 is 14.7 Å². The van der Waals surface area contributed by atoms with E-state index in [-0.39, 0.29) is 23.5 Å². The molecule has 47 heavy (non-hydrogen) atoms. The van der Waals surface area contributed by atoms with E-state index in [9.17, 15) is 19.6 Å². The average molecular weight is 678 g/mol. The Bertz CT molecular complexity index is 1540. The number of thiocarbonyl (C=S) groups is 1. The van der Waals surface area contributed by atoms with Gasteiger partial charge in [0.05, 0.1) is 4.91 Å². The maximum absolute atomic E-state index is 13.7. The largest absolute Gasteiger partial charge is 0.481 e. The number of amides is 1. The first kappa shape index (κ1) is 36.2. The molecule has 0 spiro atoms. The van der Waals surface area contributed by atoms with Gasteiger partial charge in [0.15, 0.2) is 0 Å². The van der Waals surface area contributed by atoms with Crippen molar-refractivity contribution in [1.82, 2.24) is 9.47 Å². The van der Waals surface area contributed by atoms with Crippen LogP contribution in [0.2, 0.25) is 0 Å². The molecule has 11 heteroatoms. The molecular weight excluding hydrogens is 631 g/mol. The third kappa shape index (κ3) is 9.48. The summed E-state index contributed by atoms with van der Waals surface area (Å²) in [5.41, 5.74) is 2.36. The fraction of sp³-hybridized carbons (Fsp3) is 0.528. The second kappa shape index (κ2) is 18.1. The predicted molar refractivity (Wildman–Crippen MR) is 195 cm³/mol. The summed E-state index contributed by atoms with van der Waals surface area (Å²) in [4.78, 5) is 44.8. The number of carbonyl (C=O) groups is 2. The Kier molecular flexibility index (Phi) is 13.9. The van der Waals surface area contributed by atoms with Crippen LogP contribution >= 0.6 is 24.0 Å². The molecule has 1 amide bonds. The number of hydrogen-bond donors (Lipinski definition) is 1. The van der Waals surface area contributed by atoms with Crippen LogP contribution in [0.5, 0.6) is 0 Å². The molecule has 0 atom stereocenters. The number of aromatic nitrogens is 1. The number of hydrogen-bond acceptors (Lipinski definition) is 8. The molecule has 4 rings (SSSR count). The molecule has 2 saturated heterocycles. The SMILES string of the molecule is CCCCn1c(N2CCN(c3ccccc3)CC2)c(/C=C2\SC(=S)N(CCCCCCCCCCC(=O)O)C2=O)c(C)c(C#N)c1=O. The zero-order valence-electron chi connectivity index (χ0n) is 27.7. The van der Waals surface area contributed by atoms with Gasteiger partial charge in [0.1, 0.15) is 21.8 Å². The summed E-state index contributed by atoms with van der Waals surface area (Å²) >= 11 is 6.95. The van der Waals surface area contributed by atoms with Crippen LogP contribution < -0.4 is 15.4 Å². The number of anilines is 2. The van der Waals surface area contributed by atoms with Gasteiger partial charge in [-0.2, -0.15) is 5.26 Å². The molecule has 0 bridgehead atoms. The van der Waals surface area contributed by atoms with Crippen molar-refractivity contribution in [3.05, 3.63) is 62.3 Å². The minimum atomic E-state index is -0.730. The van der Waals surface area contributed by atoms with Crippen LogP contribution in [-0.4, -0.2) is 63.5 Å². The van der Waals surface area contributed by atoms with E-state index in [1.807, 2.05) is 31.2 Å².